The summed E-state index contributed by atoms with van der Waals surface area (Å²) in [7, 11) is 0. The van der Waals surface area contributed by atoms with E-state index in [0.717, 1.165) is 22.9 Å². The smallest absolute Gasteiger partial charge is 0.251 e. The number of aromatic amines is 1. The van der Waals surface area contributed by atoms with Gasteiger partial charge in [-0.05, 0) is 36.7 Å². The monoisotopic (exact) mass is 260 g/mol. The van der Waals surface area contributed by atoms with E-state index in [1.807, 2.05) is 12.3 Å². The molecule has 0 atom stereocenters. The number of fused-ring (bicyclic) bond motifs is 1. The lowest BCUT2D eigenvalue weighted by atomic mass is 10.1. The van der Waals surface area contributed by atoms with Crippen LogP contribution in [0, 0.1) is 0 Å². The number of hydrogen-bond donors (Lipinski definition) is 4. The molecule has 2 aromatic rings. The fraction of sp³-hybridized carbons (Fsp3) is 0.231. The molecule has 1 heterocycles. The Morgan fingerprint density at radius 2 is 2.11 bits per heavy atom. The Hall–Kier alpha value is -2.34. The standard InChI is InChI=1S/C13H16N4O2/c14-4-3-9-6-16-11-2-1-8(5-10(9)11)13(19)17-7-12(15)18/h1-2,5-6,16H,3-4,7,14H2,(H2,15,18)(H,17,19). The van der Waals surface area contributed by atoms with Crippen LogP contribution < -0.4 is 16.8 Å². The van der Waals surface area contributed by atoms with Crippen molar-refractivity contribution in [3.05, 3.63) is 35.5 Å². The average Bonchev–Trinajstić information content (AvgIpc) is 2.79. The molecular formula is C13H16N4O2. The predicted octanol–water partition coefficient (Wildman–Crippen LogP) is -0.116. The lowest BCUT2D eigenvalue weighted by Gasteiger charge is -2.04. The van der Waals surface area contributed by atoms with Gasteiger partial charge in [-0.15, -0.1) is 0 Å². The highest BCUT2D eigenvalue weighted by Crippen LogP contribution is 2.20. The summed E-state index contributed by atoms with van der Waals surface area (Å²) in [5, 5.41) is 3.43. The number of rotatable bonds is 5. The molecule has 6 nitrogen and oxygen atoms in total. The van der Waals surface area contributed by atoms with E-state index in [2.05, 4.69) is 10.3 Å². The summed E-state index contributed by atoms with van der Waals surface area (Å²) in [6, 6.07) is 5.31. The van der Waals surface area contributed by atoms with Gasteiger partial charge in [-0.3, -0.25) is 9.59 Å². The van der Waals surface area contributed by atoms with Crippen LogP contribution in [-0.4, -0.2) is 29.9 Å². The number of carbonyl (C=O) groups excluding carboxylic acids is 2. The number of aromatic nitrogens is 1. The van der Waals surface area contributed by atoms with Crippen LogP contribution in [0.15, 0.2) is 24.4 Å². The third kappa shape index (κ3) is 2.92. The van der Waals surface area contributed by atoms with E-state index in [4.69, 9.17) is 11.5 Å². The largest absolute Gasteiger partial charge is 0.368 e. The fourth-order valence-corrected chi connectivity index (χ4v) is 1.95. The van der Waals surface area contributed by atoms with E-state index in [1.54, 1.807) is 12.1 Å². The van der Waals surface area contributed by atoms with Crippen LogP contribution in [0.4, 0.5) is 0 Å². The van der Waals surface area contributed by atoms with Crippen molar-refractivity contribution >= 4 is 22.7 Å². The first kappa shape index (κ1) is 13.1. The van der Waals surface area contributed by atoms with Crippen molar-refractivity contribution in [1.82, 2.24) is 10.3 Å². The first-order valence-corrected chi connectivity index (χ1v) is 5.98. The SMILES string of the molecule is NCCc1c[nH]c2ccc(C(=O)NCC(N)=O)cc12. The normalized spacial score (nSPS) is 10.6. The molecule has 100 valence electrons. The van der Waals surface area contributed by atoms with Crippen LogP contribution >= 0.6 is 0 Å². The second kappa shape index (κ2) is 5.53. The van der Waals surface area contributed by atoms with E-state index in [9.17, 15) is 9.59 Å². The van der Waals surface area contributed by atoms with E-state index in [0.29, 0.717) is 12.1 Å². The maximum Gasteiger partial charge on any atom is 0.251 e. The maximum absolute atomic E-state index is 11.8. The first-order chi connectivity index (χ1) is 9.11. The van der Waals surface area contributed by atoms with Crippen LogP contribution in [0.3, 0.4) is 0 Å². The summed E-state index contributed by atoms with van der Waals surface area (Å²) >= 11 is 0. The van der Waals surface area contributed by atoms with Crippen molar-refractivity contribution in [1.29, 1.82) is 0 Å². The van der Waals surface area contributed by atoms with Crippen LogP contribution in [-0.2, 0) is 11.2 Å². The van der Waals surface area contributed by atoms with E-state index in [-0.39, 0.29) is 12.5 Å². The van der Waals surface area contributed by atoms with Gasteiger partial charge in [0, 0.05) is 22.7 Å². The van der Waals surface area contributed by atoms with Gasteiger partial charge in [-0.2, -0.15) is 0 Å². The molecule has 0 bridgehead atoms. The summed E-state index contributed by atoms with van der Waals surface area (Å²) < 4.78 is 0. The molecule has 0 spiro atoms. The van der Waals surface area contributed by atoms with Crippen LogP contribution in [0.25, 0.3) is 10.9 Å². The summed E-state index contributed by atoms with van der Waals surface area (Å²) in [5.41, 5.74) is 13.0. The highest BCUT2D eigenvalue weighted by atomic mass is 16.2. The average molecular weight is 260 g/mol. The Balaban J connectivity index is 2.26. The van der Waals surface area contributed by atoms with Crippen molar-refractivity contribution in [2.24, 2.45) is 11.5 Å². The minimum atomic E-state index is -0.570. The molecule has 6 N–H and O–H groups in total. The number of nitrogens with two attached hydrogens (primary N) is 2. The molecule has 0 radical (unpaired) electrons. The molecule has 19 heavy (non-hydrogen) atoms. The second-order valence-electron chi connectivity index (χ2n) is 4.26. The summed E-state index contributed by atoms with van der Waals surface area (Å²) in [4.78, 5) is 25.6. The Morgan fingerprint density at radius 1 is 1.32 bits per heavy atom. The van der Waals surface area contributed by atoms with E-state index < -0.39 is 5.91 Å². The molecule has 0 aliphatic rings. The molecule has 2 rings (SSSR count). The number of H-pyrrole nitrogens is 1. The molecule has 2 amide bonds. The van der Waals surface area contributed by atoms with Crippen molar-refractivity contribution in [2.75, 3.05) is 13.1 Å². The topological polar surface area (TPSA) is 114 Å². The lowest BCUT2D eigenvalue weighted by molar-refractivity contribution is -0.117. The quantitative estimate of drug-likeness (QED) is 0.601. The number of amides is 2. The molecule has 0 saturated heterocycles. The number of benzene rings is 1. The van der Waals surface area contributed by atoms with Crippen LogP contribution in [0.2, 0.25) is 0 Å². The van der Waals surface area contributed by atoms with Crippen molar-refractivity contribution < 1.29 is 9.59 Å². The Morgan fingerprint density at radius 3 is 2.79 bits per heavy atom. The molecule has 0 saturated carbocycles. The maximum atomic E-state index is 11.8. The number of hydrogen-bond acceptors (Lipinski definition) is 3. The van der Waals surface area contributed by atoms with Crippen molar-refractivity contribution in [3.63, 3.8) is 0 Å². The minimum Gasteiger partial charge on any atom is -0.368 e. The molecule has 1 aromatic carbocycles. The van der Waals surface area contributed by atoms with Gasteiger partial charge in [0.25, 0.3) is 5.91 Å². The highest BCUT2D eigenvalue weighted by molar-refractivity contribution is 6.00. The molecule has 0 unspecified atom stereocenters. The summed E-state index contributed by atoms with van der Waals surface area (Å²) in [6.45, 7) is 0.380. The first-order valence-electron chi connectivity index (χ1n) is 5.98. The fourth-order valence-electron chi connectivity index (χ4n) is 1.95. The highest BCUT2D eigenvalue weighted by Gasteiger charge is 2.09. The van der Waals surface area contributed by atoms with Gasteiger partial charge in [0.15, 0.2) is 0 Å². The van der Waals surface area contributed by atoms with Crippen molar-refractivity contribution in [3.8, 4) is 0 Å². The molecule has 1 aromatic heterocycles. The summed E-state index contributed by atoms with van der Waals surface area (Å²) in [6.07, 6.45) is 2.63. The van der Waals surface area contributed by atoms with Gasteiger partial charge in [-0.1, -0.05) is 0 Å². The van der Waals surface area contributed by atoms with Gasteiger partial charge in [0.05, 0.1) is 6.54 Å². The predicted molar refractivity (Wildman–Crippen MR) is 72.6 cm³/mol. The molecule has 0 aliphatic carbocycles. The number of primary amides is 1. The zero-order valence-electron chi connectivity index (χ0n) is 10.4. The van der Waals surface area contributed by atoms with Crippen molar-refractivity contribution in [2.45, 2.75) is 6.42 Å². The second-order valence-corrected chi connectivity index (χ2v) is 4.26. The molecule has 0 aliphatic heterocycles. The van der Waals surface area contributed by atoms with Gasteiger partial charge in [0.2, 0.25) is 5.91 Å². The van der Waals surface area contributed by atoms with Gasteiger partial charge >= 0.3 is 0 Å². The Kier molecular flexibility index (Phi) is 3.82. The Bertz CT molecular complexity index is 618. The lowest BCUT2D eigenvalue weighted by Crippen LogP contribution is -2.33. The third-order valence-corrected chi connectivity index (χ3v) is 2.87. The minimum absolute atomic E-state index is 0.167. The summed E-state index contributed by atoms with van der Waals surface area (Å²) in [5.74, 6) is -0.888. The van der Waals surface area contributed by atoms with Crippen LogP contribution in [0.1, 0.15) is 15.9 Å². The number of nitrogens with one attached hydrogen (secondary N) is 2. The zero-order chi connectivity index (χ0) is 13.8. The van der Waals surface area contributed by atoms with Gasteiger partial charge < -0.3 is 21.8 Å². The zero-order valence-corrected chi connectivity index (χ0v) is 10.4. The van der Waals surface area contributed by atoms with E-state index >= 15 is 0 Å². The molecule has 0 fully saturated rings. The van der Waals surface area contributed by atoms with Gasteiger partial charge in [0.1, 0.15) is 0 Å². The number of carbonyl (C=O) groups is 2. The molecule has 6 heteroatoms. The van der Waals surface area contributed by atoms with Gasteiger partial charge in [-0.25, -0.2) is 0 Å². The van der Waals surface area contributed by atoms with E-state index in [1.165, 1.54) is 0 Å². The third-order valence-electron chi connectivity index (χ3n) is 2.87. The molecular weight excluding hydrogens is 244 g/mol. The van der Waals surface area contributed by atoms with Crippen LogP contribution in [0.5, 0.6) is 0 Å². The Labute approximate surface area is 110 Å².